The minimum Gasteiger partial charge on any atom is -0.369 e. The first-order valence-electron chi connectivity index (χ1n) is 6.24. The Balaban J connectivity index is 2.13. The van der Waals surface area contributed by atoms with E-state index in [-0.39, 0.29) is 0 Å². The lowest BCUT2D eigenvalue weighted by Gasteiger charge is -2.21. The average molecular weight is 276 g/mol. The van der Waals surface area contributed by atoms with Crippen molar-refractivity contribution in [3.05, 3.63) is 58.9 Å². The normalized spacial score (nSPS) is 10.5. The fourth-order valence-electron chi connectivity index (χ4n) is 2.02. The van der Waals surface area contributed by atoms with E-state index in [1.54, 1.807) is 6.20 Å². The summed E-state index contributed by atoms with van der Waals surface area (Å²) in [6.07, 6.45) is 3.66. The van der Waals surface area contributed by atoms with Gasteiger partial charge in [0.25, 0.3) is 0 Å². The summed E-state index contributed by atoms with van der Waals surface area (Å²) in [5.41, 5.74) is 3.39. The van der Waals surface area contributed by atoms with Crippen LogP contribution < -0.4 is 10.2 Å². The Hall–Kier alpha value is -1.58. The van der Waals surface area contributed by atoms with Crippen molar-refractivity contribution >= 4 is 17.3 Å². The molecule has 3 nitrogen and oxygen atoms in total. The number of pyridine rings is 1. The van der Waals surface area contributed by atoms with E-state index in [0.29, 0.717) is 0 Å². The highest BCUT2D eigenvalue weighted by Crippen LogP contribution is 2.27. The molecule has 0 aliphatic rings. The lowest BCUT2D eigenvalue weighted by Crippen LogP contribution is -2.17. The summed E-state index contributed by atoms with van der Waals surface area (Å²) in [5.74, 6) is 0. The first-order chi connectivity index (χ1) is 9.20. The maximum atomic E-state index is 6.34. The highest BCUT2D eigenvalue weighted by Gasteiger charge is 2.07. The molecule has 4 heteroatoms. The van der Waals surface area contributed by atoms with Crippen molar-refractivity contribution in [2.45, 2.75) is 13.1 Å². The van der Waals surface area contributed by atoms with E-state index >= 15 is 0 Å². The van der Waals surface area contributed by atoms with Crippen LogP contribution in [-0.2, 0) is 13.1 Å². The Morgan fingerprint density at radius 2 is 2.11 bits per heavy atom. The van der Waals surface area contributed by atoms with Crippen LogP contribution in [0.1, 0.15) is 11.1 Å². The molecule has 100 valence electrons. The Labute approximate surface area is 119 Å². The van der Waals surface area contributed by atoms with Crippen molar-refractivity contribution in [2.24, 2.45) is 0 Å². The van der Waals surface area contributed by atoms with Gasteiger partial charge in [0.05, 0.1) is 10.7 Å². The number of nitrogens with one attached hydrogen (secondary N) is 1. The third-order valence-electron chi connectivity index (χ3n) is 2.95. The summed E-state index contributed by atoms with van der Waals surface area (Å²) in [4.78, 5) is 6.25. The van der Waals surface area contributed by atoms with Crippen LogP contribution in [0.15, 0.2) is 42.7 Å². The monoisotopic (exact) mass is 275 g/mol. The summed E-state index contributed by atoms with van der Waals surface area (Å²) in [6, 6.07) is 10.2. The van der Waals surface area contributed by atoms with E-state index in [1.165, 1.54) is 11.1 Å². The molecule has 0 aliphatic heterocycles. The van der Waals surface area contributed by atoms with Gasteiger partial charge in [-0.3, -0.25) is 4.98 Å². The molecule has 0 fully saturated rings. The fourth-order valence-corrected chi connectivity index (χ4v) is 2.37. The van der Waals surface area contributed by atoms with Crippen LogP contribution in [-0.4, -0.2) is 19.1 Å². The molecule has 0 spiro atoms. The molecule has 0 atom stereocenters. The average Bonchev–Trinajstić information content (AvgIpc) is 2.40. The number of benzene rings is 1. The van der Waals surface area contributed by atoms with Gasteiger partial charge in [0.1, 0.15) is 0 Å². The van der Waals surface area contributed by atoms with Crippen molar-refractivity contribution in [1.29, 1.82) is 0 Å². The Morgan fingerprint density at radius 3 is 2.74 bits per heavy atom. The van der Waals surface area contributed by atoms with Crippen LogP contribution in [0, 0.1) is 0 Å². The van der Waals surface area contributed by atoms with Crippen molar-refractivity contribution in [3.63, 3.8) is 0 Å². The van der Waals surface area contributed by atoms with E-state index in [1.807, 2.05) is 32.4 Å². The number of anilines is 1. The molecule has 0 saturated carbocycles. The summed E-state index contributed by atoms with van der Waals surface area (Å²) >= 11 is 6.34. The molecule has 0 radical (unpaired) electrons. The molecule has 1 aromatic carbocycles. The third kappa shape index (κ3) is 3.69. The lowest BCUT2D eigenvalue weighted by molar-refractivity contribution is 0.817. The molecule has 1 heterocycles. The number of aromatic nitrogens is 1. The van der Waals surface area contributed by atoms with Gasteiger partial charge >= 0.3 is 0 Å². The van der Waals surface area contributed by atoms with Crippen molar-refractivity contribution in [1.82, 2.24) is 10.3 Å². The van der Waals surface area contributed by atoms with Crippen LogP contribution in [0.4, 0.5) is 5.69 Å². The highest BCUT2D eigenvalue weighted by atomic mass is 35.5. The van der Waals surface area contributed by atoms with E-state index in [2.05, 4.69) is 33.4 Å². The predicted molar refractivity (Wildman–Crippen MR) is 80.6 cm³/mol. The van der Waals surface area contributed by atoms with Gasteiger partial charge in [-0.25, -0.2) is 0 Å². The van der Waals surface area contributed by atoms with Gasteiger partial charge in [0.2, 0.25) is 0 Å². The van der Waals surface area contributed by atoms with Crippen LogP contribution in [0.25, 0.3) is 0 Å². The van der Waals surface area contributed by atoms with Crippen molar-refractivity contribution < 1.29 is 0 Å². The van der Waals surface area contributed by atoms with Crippen LogP contribution in [0.5, 0.6) is 0 Å². The topological polar surface area (TPSA) is 28.2 Å². The zero-order chi connectivity index (χ0) is 13.7. The second kappa shape index (κ2) is 6.55. The maximum Gasteiger partial charge on any atom is 0.0642 e. The van der Waals surface area contributed by atoms with Gasteiger partial charge in [0, 0.05) is 32.5 Å². The second-order valence-corrected chi connectivity index (χ2v) is 4.94. The minimum atomic E-state index is 0.777. The largest absolute Gasteiger partial charge is 0.369 e. The van der Waals surface area contributed by atoms with E-state index in [4.69, 9.17) is 11.6 Å². The first-order valence-corrected chi connectivity index (χ1v) is 6.61. The van der Waals surface area contributed by atoms with Gasteiger partial charge in [0.15, 0.2) is 0 Å². The van der Waals surface area contributed by atoms with Gasteiger partial charge in [-0.1, -0.05) is 23.7 Å². The summed E-state index contributed by atoms with van der Waals surface area (Å²) < 4.78 is 0. The second-order valence-electron chi connectivity index (χ2n) is 4.53. The molecule has 1 N–H and O–H groups in total. The minimum absolute atomic E-state index is 0.777. The van der Waals surface area contributed by atoms with Crippen LogP contribution in [0.3, 0.4) is 0 Å². The summed E-state index contributed by atoms with van der Waals surface area (Å²) in [6.45, 7) is 1.62. The zero-order valence-electron chi connectivity index (χ0n) is 11.2. The van der Waals surface area contributed by atoms with Gasteiger partial charge in [-0.05, 0) is 36.4 Å². The van der Waals surface area contributed by atoms with Gasteiger partial charge in [-0.15, -0.1) is 0 Å². The van der Waals surface area contributed by atoms with Crippen molar-refractivity contribution in [3.8, 4) is 0 Å². The van der Waals surface area contributed by atoms with E-state index < -0.39 is 0 Å². The van der Waals surface area contributed by atoms with Gasteiger partial charge in [-0.2, -0.15) is 0 Å². The third-order valence-corrected chi connectivity index (χ3v) is 3.25. The van der Waals surface area contributed by atoms with E-state index in [0.717, 1.165) is 23.8 Å². The highest BCUT2D eigenvalue weighted by molar-refractivity contribution is 6.33. The van der Waals surface area contributed by atoms with Crippen molar-refractivity contribution in [2.75, 3.05) is 19.0 Å². The standard InChI is InChI=1S/C15H18ClN3/c1-17-9-12-5-6-15(14(16)8-12)19(2)11-13-4-3-7-18-10-13/h3-8,10,17H,9,11H2,1-2H3. The molecule has 2 rings (SSSR count). The molecule has 0 aliphatic carbocycles. The van der Waals surface area contributed by atoms with Crippen LogP contribution in [0.2, 0.25) is 5.02 Å². The molecule has 0 unspecified atom stereocenters. The predicted octanol–water partition coefficient (Wildman–Crippen LogP) is 3.09. The van der Waals surface area contributed by atoms with Gasteiger partial charge < -0.3 is 10.2 Å². The smallest absolute Gasteiger partial charge is 0.0642 e. The molecule has 2 aromatic rings. The maximum absolute atomic E-state index is 6.34. The molecule has 1 aromatic heterocycles. The number of halogens is 1. The summed E-state index contributed by atoms with van der Waals surface area (Å²) in [5, 5.41) is 3.90. The lowest BCUT2D eigenvalue weighted by atomic mass is 10.2. The Kier molecular flexibility index (Phi) is 4.77. The number of nitrogens with zero attached hydrogens (tertiary/aromatic N) is 2. The first kappa shape index (κ1) is 13.8. The summed E-state index contributed by atoms with van der Waals surface area (Å²) in [7, 11) is 3.96. The molecular formula is C15H18ClN3. The molecule has 0 saturated heterocycles. The Bertz CT molecular complexity index is 528. The van der Waals surface area contributed by atoms with Crippen LogP contribution >= 0.6 is 11.6 Å². The molecule has 19 heavy (non-hydrogen) atoms. The fraction of sp³-hybridized carbons (Fsp3) is 0.267. The Morgan fingerprint density at radius 1 is 1.26 bits per heavy atom. The number of hydrogen-bond donors (Lipinski definition) is 1. The molecular weight excluding hydrogens is 258 g/mol. The molecule has 0 amide bonds. The van der Waals surface area contributed by atoms with E-state index in [9.17, 15) is 0 Å². The molecule has 0 bridgehead atoms. The zero-order valence-corrected chi connectivity index (χ0v) is 12.0. The number of rotatable bonds is 5. The quantitative estimate of drug-likeness (QED) is 0.909. The number of hydrogen-bond acceptors (Lipinski definition) is 3. The SMILES string of the molecule is CNCc1ccc(N(C)Cc2cccnc2)c(Cl)c1.